The predicted molar refractivity (Wildman–Crippen MR) is 264 cm³/mol. The van der Waals surface area contributed by atoms with Crippen LogP contribution < -0.4 is 19.8 Å². The number of aromatic nitrogens is 2. The first kappa shape index (κ1) is 49.4. The van der Waals surface area contributed by atoms with Crippen molar-refractivity contribution in [2.24, 2.45) is 17.3 Å². The molecule has 11 nitrogen and oxygen atoms in total. The second-order valence-corrected chi connectivity index (χ2v) is 21.4. The number of benzene rings is 2. The summed E-state index contributed by atoms with van der Waals surface area (Å²) in [5, 5.41) is 12.1. The highest BCUT2D eigenvalue weighted by molar-refractivity contribution is 5.90. The van der Waals surface area contributed by atoms with Crippen molar-refractivity contribution in [3.63, 3.8) is 0 Å². The zero-order chi connectivity index (χ0) is 48.4. The van der Waals surface area contributed by atoms with Gasteiger partial charge in [-0.2, -0.15) is 0 Å². The summed E-state index contributed by atoms with van der Waals surface area (Å²) < 4.78 is 25.7. The average molecular weight is 931 g/mol. The van der Waals surface area contributed by atoms with Gasteiger partial charge in [-0.15, -0.1) is 0 Å². The summed E-state index contributed by atoms with van der Waals surface area (Å²) in [4.78, 5) is 58.9. The summed E-state index contributed by atoms with van der Waals surface area (Å²) in [7, 11) is 0. The van der Waals surface area contributed by atoms with E-state index in [2.05, 4.69) is 27.7 Å². The molecule has 0 saturated heterocycles. The highest BCUT2D eigenvalue weighted by atomic mass is 16.6. The zero-order valence-corrected chi connectivity index (χ0v) is 41.8. The number of cyclic esters (lactones) is 1. The molecule has 0 bridgehead atoms. The highest BCUT2D eigenvalue weighted by Crippen LogP contribution is 2.46. The third-order valence-corrected chi connectivity index (χ3v) is 16.0. The molecule has 1 fully saturated rings. The first-order valence-corrected chi connectivity index (χ1v) is 25.9. The number of rotatable bonds is 20. The number of ether oxygens (including phenoxy) is 4. The second-order valence-electron chi connectivity index (χ2n) is 21.4. The van der Waals surface area contributed by atoms with Crippen LogP contribution in [0.3, 0.4) is 0 Å². The number of aliphatic hydroxyl groups is 1. The Bertz CT molecular complexity index is 2610. The Kier molecular flexibility index (Phi) is 14.9. The quantitative estimate of drug-likeness (QED) is 0.0455. The van der Waals surface area contributed by atoms with Crippen LogP contribution in [0.4, 0.5) is 0 Å². The molecule has 11 heteroatoms. The van der Waals surface area contributed by atoms with Gasteiger partial charge in [0.05, 0.1) is 41.9 Å². The van der Waals surface area contributed by atoms with E-state index < -0.39 is 23.0 Å². The van der Waals surface area contributed by atoms with Gasteiger partial charge in [0.2, 0.25) is 0 Å². The monoisotopic (exact) mass is 931 g/mol. The molecule has 5 heterocycles. The van der Waals surface area contributed by atoms with E-state index in [-0.39, 0.29) is 60.7 Å². The van der Waals surface area contributed by atoms with E-state index in [0.717, 1.165) is 96.6 Å². The molecule has 4 atom stereocenters. The molecule has 0 spiro atoms. The van der Waals surface area contributed by atoms with Crippen LogP contribution in [0, 0.1) is 24.2 Å². The largest absolute Gasteiger partial charge is 0.487 e. The molecule has 0 unspecified atom stereocenters. The van der Waals surface area contributed by atoms with Gasteiger partial charge in [0.25, 0.3) is 5.56 Å². The third-order valence-electron chi connectivity index (χ3n) is 16.0. The van der Waals surface area contributed by atoms with Crippen LogP contribution in [0.1, 0.15) is 190 Å². The van der Waals surface area contributed by atoms with Crippen LogP contribution >= 0.6 is 0 Å². The van der Waals surface area contributed by atoms with Gasteiger partial charge in [0, 0.05) is 16.5 Å². The zero-order valence-electron chi connectivity index (χ0n) is 41.8. The molecule has 4 aliphatic rings. The van der Waals surface area contributed by atoms with E-state index in [0.29, 0.717) is 34.8 Å². The van der Waals surface area contributed by atoms with Crippen molar-refractivity contribution in [3.05, 3.63) is 80.1 Å². The van der Waals surface area contributed by atoms with Crippen molar-refractivity contribution in [1.82, 2.24) is 9.55 Å². The maximum Gasteiger partial charge on any atom is 0.343 e. The molecular weight excluding hydrogens is 857 g/mol. The first-order valence-electron chi connectivity index (χ1n) is 25.9. The Labute approximate surface area is 402 Å². The van der Waals surface area contributed by atoms with Crippen LogP contribution in [0.15, 0.2) is 41.2 Å². The molecule has 0 amide bonds. The van der Waals surface area contributed by atoms with Crippen LogP contribution in [-0.2, 0) is 50.7 Å². The van der Waals surface area contributed by atoms with E-state index in [1.807, 2.05) is 38.1 Å². The SMILES string of the molecule is CCCCC[C@H](C)CCC[C@H](C)CCC[C@@]1(C)CCc2cc(OC(=O)CC3(CC(=O)Oc4ccc5nc6c(c(CC)c5c4)Cn4c-6cc5c(c4=O)COC(=O)[C@]5(O)CC)CCCC3)cc(C)c2O1. The van der Waals surface area contributed by atoms with E-state index in [4.69, 9.17) is 23.9 Å². The number of fused-ring (bicyclic) bond motifs is 6. The Balaban J connectivity index is 0.875. The van der Waals surface area contributed by atoms with Crippen molar-refractivity contribution >= 4 is 28.8 Å². The van der Waals surface area contributed by atoms with E-state index >= 15 is 0 Å². The number of aryl methyl sites for hydroxylation is 3. The molecule has 1 saturated carbocycles. The predicted octanol–water partition coefficient (Wildman–Crippen LogP) is 12.1. The lowest BCUT2D eigenvalue weighted by molar-refractivity contribution is -0.172. The highest BCUT2D eigenvalue weighted by Gasteiger charge is 2.46. The number of carbonyl (C=O) groups excluding carboxylic acids is 3. The minimum Gasteiger partial charge on any atom is -0.487 e. The number of esters is 3. The summed E-state index contributed by atoms with van der Waals surface area (Å²) in [6.07, 6.45) is 18.8. The number of hydrogen-bond donors (Lipinski definition) is 1. The molecule has 366 valence electrons. The van der Waals surface area contributed by atoms with Gasteiger partial charge in [0.15, 0.2) is 5.60 Å². The molecular formula is C57H74N2O9. The molecule has 1 aliphatic carbocycles. The van der Waals surface area contributed by atoms with Gasteiger partial charge >= 0.3 is 17.9 Å². The fourth-order valence-corrected chi connectivity index (χ4v) is 11.8. The van der Waals surface area contributed by atoms with Gasteiger partial charge < -0.3 is 28.6 Å². The van der Waals surface area contributed by atoms with Crippen LogP contribution in [-0.4, -0.2) is 38.2 Å². The van der Waals surface area contributed by atoms with Crippen molar-refractivity contribution in [2.75, 3.05) is 0 Å². The smallest absolute Gasteiger partial charge is 0.343 e. The molecule has 68 heavy (non-hydrogen) atoms. The lowest BCUT2D eigenvalue weighted by Gasteiger charge is -2.37. The maximum atomic E-state index is 13.8. The second kappa shape index (κ2) is 20.5. The standard InChI is InChI=1S/C57H74N2O9/c1-8-11-12-17-36(4)18-15-19-37(5)20-16-24-55(7)27-23-39-29-41(28-38(6)52(39)68-55)67-50(61)33-56(25-13-14-26-56)32-49(60)66-40-21-22-47-43(30-40)42(9-2)44-34-59-48(51(44)58-47)31-46-45(53(59)62)35-65-54(63)57(46,64)10-3/h21-22,28-31,36-37,64H,8-20,23-27,32-35H2,1-7H3/t36-,37-,55-,57-/m0/s1. The van der Waals surface area contributed by atoms with Crippen molar-refractivity contribution < 1.29 is 38.4 Å². The summed E-state index contributed by atoms with van der Waals surface area (Å²) >= 11 is 0. The summed E-state index contributed by atoms with van der Waals surface area (Å²) in [5.74, 6) is 1.86. The molecule has 1 N–H and O–H groups in total. The average Bonchev–Trinajstić information content (AvgIpc) is 3.91. The fourth-order valence-electron chi connectivity index (χ4n) is 11.8. The Morgan fingerprint density at radius 1 is 0.853 bits per heavy atom. The van der Waals surface area contributed by atoms with Gasteiger partial charge in [0.1, 0.15) is 29.5 Å². The van der Waals surface area contributed by atoms with Crippen molar-refractivity contribution in [2.45, 2.75) is 201 Å². The van der Waals surface area contributed by atoms with Gasteiger partial charge in [-0.1, -0.05) is 98.8 Å². The van der Waals surface area contributed by atoms with E-state index in [1.165, 1.54) is 51.4 Å². The Hall–Kier alpha value is -5.03. The number of carbonyl (C=O) groups is 3. The maximum absolute atomic E-state index is 13.8. The van der Waals surface area contributed by atoms with Crippen LogP contribution in [0.2, 0.25) is 0 Å². The lowest BCUT2D eigenvalue weighted by Crippen LogP contribution is -2.44. The first-order chi connectivity index (χ1) is 32.6. The lowest BCUT2D eigenvalue weighted by atomic mass is 9.79. The number of unbranched alkanes of at least 4 members (excludes halogenated alkanes) is 2. The number of pyridine rings is 2. The van der Waals surface area contributed by atoms with Crippen LogP contribution in [0.25, 0.3) is 22.3 Å². The van der Waals surface area contributed by atoms with Gasteiger partial charge in [-0.05, 0) is 136 Å². The molecule has 3 aliphatic heterocycles. The molecule has 4 aromatic rings. The fraction of sp³-hybridized carbons (Fsp3) is 0.596. The molecule has 2 aromatic heterocycles. The van der Waals surface area contributed by atoms with E-state index in [9.17, 15) is 24.3 Å². The Morgan fingerprint density at radius 3 is 2.24 bits per heavy atom. The van der Waals surface area contributed by atoms with Crippen molar-refractivity contribution in [3.8, 4) is 28.6 Å². The van der Waals surface area contributed by atoms with Gasteiger partial charge in [-0.3, -0.25) is 14.4 Å². The van der Waals surface area contributed by atoms with Crippen molar-refractivity contribution in [1.29, 1.82) is 0 Å². The summed E-state index contributed by atoms with van der Waals surface area (Å²) in [6.45, 7) is 15.2. The topological polar surface area (TPSA) is 143 Å². The molecule has 8 rings (SSSR count). The molecule has 0 radical (unpaired) electrons. The normalized spacial score (nSPS) is 21.0. The molecule has 2 aromatic carbocycles. The van der Waals surface area contributed by atoms with Gasteiger partial charge in [-0.25, -0.2) is 9.78 Å². The minimum atomic E-state index is -1.91. The minimum absolute atomic E-state index is 0.0658. The Morgan fingerprint density at radius 2 is 1.54 bits per heavy atom. The van der Waals surface area contributed by atoms with Crippen LogP contribution in [0.5, 0.6) is 17.2 Å². The number of nitrogens with zero attached hydrogens (tertiary/aromatic N) is 2. The summed E-state index contributed by atoms with van der Waals surface area (Å²) in [5.41, 5.74) is 3.28. The third kappa shape index (κ3) is 10.3. The van der Waals surface area contributed by atoms with E-state index in [1.54, 1.807) is 23.6 Å². The number of hydrogen-bond acceptors (Lipinski definition) is 10. The summed E-state index contributed by atoms with van der Waals surface area (Å²) in [6, 6.07) is 10.9.